The maximum atomic E-state index is 13.1. The summed E-state index contributed by atoms with van der Waals surface area (Å²) in [6.45, 7) is 4.02. The molecule has 0 aromatic heterocycles. The van der Waals surface area contributed by atoms with Crippen molar-refractivity contribution in [3.8, 4) is 5.75 Å². The SMILES string of the molecule is CC(C)C[C@@H](N)c1cc(Cl)cc(F)c1O. The van der Waals surface area contributed by atoms with Crippen molar-refractivity contribution in [1.29, 1.82) is 0 Å². The van der Waals surface area contributed by atoms with Crippen molar-refractivity contribution >= 4 is 11.6 Å². The van der Waals surface area contributed by atoms with Gasteiger partial charge >= 0.3 is 0 Å². The highest BCUT2D eigenvalue weighted by Crippen LogP contribution is 2.32. The van der Waals surface area contributed by atoms with Crippen LogP contribution in [-0.4, -0.2) is 5.11 Å². The minimum absolute atomic E-state index is 0.250. The Balaban J connectivity index is 3.02. The Kier molecular flexibility index (Phi) is 3.94. The third-order valence-corrected chi connectivity index (χ3v) is 2.40. The average Bonchev–Trinajstić information content (AvgIpc) is 2.09. The van der Waals surface area contributed by atoms with E-state index in [1.807, 2.05) is 13.8 Å². The number of hydrogen-bond acceptors (Lipinski definition) is 2. The van der Waals surface area contributed by atoms with Crippen molar-refractivity contribution in [2.24, 2.45) is 11.7 Å². The van der Waals surface area contributed by atoms with Gasteiger partial charge in [0, 0.05) is 16.6 Å². The Morgan fingerprint density at radius 1 is 1.47 bits per heavy atom. The Morgan fingerprint density at radius 3 is 2.60 bits per heavy atom. The lowest BCUT2D eigenvalue weighted by Gasteiger charge is -2.16. The van der Waals surface area contributed by atoms with Gasteiger partial charge in [-0.2, -0.15) is 0 Å². The van der Waals surface area contributed by atoms with Crippen LogP contribution in [0, 0.1) is 11.7 Å². The maximum Gasteiger partial charge on any atom is 0.166 e. The van der Waals surface area contributed by atoms with Gasteiger partial charge in [0.15, 0.2) is 11.6 Å². The van der Waals surface area contributed by atoms with Gasteiger partial charge in [0.1, 0.15) is 0 Å². The van der Waals surface area contributed by atoms with Crippen LogP contribution in [0.2, 0.25) is 5.02 Å². The van der Waals surface area contributed by atoms with Gasteiger partial charge in [-0.3, -0.25) is 0 Å². The van der Waals surface area contributed by atoms with Crippen LogP contribution in [0.5, 0.6) is 5.75 Å². The lowest BCUT2D eigenvalue weighted by Crippen LogP contribution is -2.13. The first-order chi connectivity index (χ1) is 6.91. The molecular weight excluding hydrogens is 217 g/mol. The Hall–Kier alpha value is -0.800. The molecule has 0 aliphatic carbocycles. The smallest absolute Gasteiger partial charge is 0.166 e. The molecule has 4 heteroatoms. The summed E-state index contributed by atoms with van der Waals surface area (Å²) in [6.07, 6.45) is 0.674. The summed E-state index contributed by atoms with van der Waals surface area (Å²) in [5.41, 5.74) is 6.22. The number of benzene rings is 1. The van der Waals surface area contributed by atoms with Crippen LogP contribution in [0.15, 0.2) is 12.1 Å². The van der Waals surface area contributed by atoms with E-state index in [0.717, 1.165) is 6.07 Å². The van der Waals surface area contributed by atoms with Crippen molar-refractivity contribution in [2.45, 2.75) is 26.3 Å². The van der Waals surface area contributed by atoms with Crippen molar-refractivity contribution in [3.63, 3.8) is 0 Å². The van der Waals surface area contributed by atoms with Gasteiger partial charge < -0.3 is 10.8 Å². The van der Waals surface area contributed by atoms with Crippen LogP contribution >= 0.6 is 11.6 Å². The van der Waals surface area contributed by atoms with Gasteiger partial charge in [0.05, 0.1) is 0 Å². The largest absolute Gasteiger partial charge is 0.505 e. The number of rotatable bonds is 3. The lowest BCUT2D eigenvalue weighted by atomic mass is 9.97. The van der Waals surface area contributed by atoms with Crippen LogP contribution in [0.3, 0.4) is 0 Å². The molecule has 0 heterocycles. The van der Waals surface area contributed by atoms with E-state index in [4.69, 9.17) is 17.3 Å². The highest BCUT2D eigenvalue weighted by molar-refractivity contribution is 6.30. The van der Waals surface area contributed by atoms with Crippen LogP contribution in [0.25, 0.3) is 0 Å². The van der Waals surface area contributed by atoms with E-state index in [1.54, 1.807) is 0 Å². The zero-order valence-electron chi connectivity index (χ0n) is 8.80. The molecule has 0 fully saturated rings. The number of hydrogen-bond donors (Lipinski definition) is 2. The molecule has 1 aromatic rings. The third-order valence-electron chi connectivity index (χ3n) is 2.18. The number of halogens is 2. The molecule has 0 spiro atoms. The fourth-order valence-corrected chi connectivity index (χ4v) is 1.72. The van der Waals surface area contributed by atoms with E-state index in [1.165, 1.54) is 6.07 Å². The summed E-state index contributed by atoms with van der Waals surface area (Å²) in [5, 5.41) is 9.74. The summed E-state index contributed by atoms with van der Waals surface area (Å²) in [6, 6.07) is 2.19. The van der Waals surface area contributed by atoms with Gasteiger partial charge in [-0.25, -0.2) is 4.39 Å². The van der Waals surface area contributed by atoms with E-state index < -0.39 is 17.6 Å². The molecule has 0 saturated carbocycles. The van der Waals surface area contributed by atoms with E-state index in [-0.39, 0.29) is 5.02 Å². The molecule has 2 nitrogen and oxygen atoms in total. The van der Waals surface area contributed by atoms with E-state index in [0.29, 0.717) is 17.9 Å². The monoisotopic (exact) mass is 231 g/mol. The quantitative estimate of drug-likeness (QED) is 0.839. The highest BCUT2D eigenvalue weighted by Gasteiger charge is 2.16. The molecule has 0 aliphatic heterocycles. The van der Waals surface area contributed by atoms with Gasteiger partial charge in [-0.05, 0) is 24.5 Å². The van der Waals surface area contributed by atoms with E-state index in [2.05, 4.69) is 0 Å². The zero-order chi connectivity index (χ0) is 11.6. The molecule has 15 heavy (non-hydrogen) atoms. The predicted molar refractivity (Wildman–Crippen MR) is 59.5 cm³/mol. The molecule has 0 radical (unpaired) electrons. The Labute approximate surface area is 93.9 Å². The van der Waals surface area contributed by atoms with Crippen molar-refractivity contribution in [2.75, 3.05) is 0 Å². The molecule has 3 N–H and O–H groups in total. The summed E-state index contributed by atoms with van der Waals surface area (Å²) in [5.74, 6) is -0.745. The Morgan fingerprint density at radius 2 is 2.07 bits per heavy atom. The van der Waals surface area contributed by atoms with Crippen molar-refractivity contribution in [1.82, 2.24) is 0 Å². The average molecular weight is 232 g/mol. The normalized spacial score (nSPS) is 13.2. The fourth-order valence-electron chi connectivity index (χ4n) is 1.50. The topological polar surface area (TPSA) is 46.2 Å². The molecule has 0 saturated heterocycles. The molecule has 84 valence electrons. The Bertz CT molecular complexity index is 355. The second-order valence-corrected chi connectivity index (χ2v) is 4.50. The second kappa shape index (κ2) is 4.81. The molecule has 0 aliphatic rings. The molecule has 1 aromatic carbocycles. The summed E-state index contributed by atoms with van der Waals surface area (Å²) >= 11 is 5.70. The van der Waals surface area contributed by atoms with E-state index >= 15 is 0 Å². The van der Waals surface area contributed by atoms with Crippen LogP contribution in [0.4, 0.5) is 4.39 Å². The maximum absolute atomic E-state index is 13.1. The number of phenolic OH excluding ortho intramolecular Hbond substituents is 1. The van der Waals surface area contributed by atoms with Crippen LogP contribution < -0.4 is 5.73 Å². The zero-order valence-corrected chi connectivity index (χ0v) is 9.55. The standard InChI is InChI=1S/C11H15ClFNO/c1-6(2)3-10(14)8-4-7(12)5-9(13)11(8)15/h4-6,10,15H,3,14H2,1-2H3/t10-/m1/s1. The van der Waals surface area contributed by atoms with Crippen molar-refractivity contribution < 1.29 is 9.50 Å². The third kappa shape index (κ3) is 3.08. The van der Waals surface area contributed by atoms with Gasteiger partial charge in [0.25, 0.3) is 0 Å². The molecule has 0 amide bonds. The van der Waals surface area contributed by atoms with E-state index in [9.17, 15) is 9.50 Å². The van der Waals surface area contributed by atoms with Crippen LogP contribution in [0.1, 0.15) is 31.9 Å². The number of nitrogens with two attached hydrogens (primary N) is 1. The van der Waals surface area contributed by atoms with Gasteiger partial charge in [-0.1, -0.05) is 25.4 Å². The minimum Gasteiger partial charge on any atom is -0.505 e. The summed E-state index contributed by atoms with van der Waals surface area (Å²) < 4.78 is 13.1. The van der Waals surface area contributed by atoms with Gasteiger partial charge in [0.2, 0.25) is 0 Å². The van der Waals surface area contributed by atoms with Gasteiger partial charge in [-0.15, -0.1) is 0 Å². The summed E-state index contributed by atoms with van der Waals surface area (Å²) in [7, 11) is 0. The fraction of sp³-hybridized carbons (Fsp3) is 0.455. The molecule has 1 rings (SSSR count). The van der Waals surface area contributed by atoms with Crippen molar-refractivity contribution in [3.05, 3.63) is 28.5 Å². The predicted octanol–water partition coefficient (Wildman–Crippen LogP) is 3.23. The number of phenols is 1. The molecule has 0 bridgehead atoms. The molecule has 1 atom stereocenters. The second-order valence-electron chi connectivity index (χ2n) is 4.06. The minimum atomic E-state index is -0.725. The first kappa shape index (κ1) is 12.3. The molecular formula is C11H15ClFNO. The first-order valence-corrected chi connectivity index (χ1v) is 5.23. The van der Waals surface area contributed by atoms with Crippen LogP contribution in [-0.2, 0) is 0 Å². The summed E-state index contributed by atoms with van der Waals surface area (Å²) in [4.78, 5) is 0. The number of aromatic hydroxyl groups is 1. The highest BCUT2D eigenvalue weighted by atomic mass is 35.5. The molecule has 0 unspecified atom stereocenters. The lowest BCUT2D eigenvalue weighted by molar-refractivity contribution is 0.411. The first-order valence-electron chi connectivity index (χ1n) is 4.85.